The second kappa shape index (κ2) is 8.60. The molecule has 0 aliphatic heterocycles. The maximum atomic E-state index is 12.3. The Bertz CT molecular complexity index is 782. The number of carbonyl (C=O) groups excluding carboxylic acids is 2. The lowest BCUT2D eigenvalue weighted by Gasteiger charge is -2.19. The lowest BCUT2D eigenvalue weighted by molar-refractivity contribution is -0.129. The molecule has 0 bridgehead atoms. The summed E-state index contributed by atoms with van der Waals surface area (Å²) in [4.78, 5) is 24.7. The predicted molar refractivity (Wildman–Crippen MR) is 97.2 cm³/mol. The van der Waals surface area contributed by atoms with Crippen LogP contribution in [0.25, 0.3) is 0 Å². The summed E-state index contributed by atoms with van der Waals surface area (Å²) in [5.74, 6) is -1.03. The highest BCUT2D eigenvalue weighted by Gasteiger charge is 2.24. The number of aromatic nitrogens is 2. The minimum atomic E-state index is -0.965. The summed E-state index contributed by atoms with van der Waals surface area (Å²) in [6, 6.07) is 4.67. The van der Waals surface area contributed by atoms with Crippen molar-refractivity contribution >= 4 is 46.6 Å². The van der Waals surface area contributed by atoms with Gasteiger partial charge in [-0.25, -0.2) is 4.79 Å². The molecule has 9 heteroatoms. The van der Waals surface area contributed by atoms with Crippen LogP contribution in [-0.4, -0.2) is 27.6 Å². The maximum Gasteiger partial charge on any atom is 0.352 e. The lowest BCUT2D eigenvalue weighted by Crippen LogP contribution is -2.37. The van der Waals surface area contributed by atoms with Crippen LogP contribution in [0.1, 0.15) is 47.7 Å². The summed E-state index contributed by atoms with van der Waals surface area (Å²) in [5.41, 5.74) is 1.28. The van der Waals surface area contributed by atoms with Gasteiger partial charge in [-0.05, 0) is 49.5 Å². The molecule has 1 aromatic heterocycles. The topological polar surface area (TPSA) is 81.2 Å². The molecule has 2 aromatic rings. The van der Waals surface area contributed by atoms with Crippen LogP contribution >= 0.6 is 34.7 Å². The number of benzene rings is 1. The van der Waals surface area contributed by atoms with Crippen LogP contribution in [0.3, 0.4) is 0 Å². The Hall–Kier alpha value is -1.70. The number of halogens is 2. The van der Waals surface area contributed by atoms with Crippen LogP contribution in [0.5, 0.6) is 0 Å². The van der Waals surface area contributed by atoms with Crippen molar-refractivity contribution in [3.63, 3.8) is 0 Å². The van der Waals surface area contributed by atoms with E-state index in [1.54, 1.807) is 25.1 Å². The Kier molecular flexibility index (Phi) is 6.75. The quantitative estimate of drug-likeness (QED) is 0.743. The van der Waals surface area contributed by atoms with Crippen molar-refractivity contribution in [2.24, 2.45) is 0 Å². The molecular weight excluding hydrogens is 385 g/mol. The van der Waals surface area contributed by atoms with Gasteiger partial charge in [-0.3, -0.25) is 4.79 Å². The van der Waals surface area contributed by atoms with Gasteiger partial charge in [0.05, 0.1) is 11.7 Å². The Balaban J connectivity index is 1.99. The maximum absolute atomic E-state index is 12.3. The van der Waals surface area contributed by atoms with Gasteiger partial charge in [0, 0.05) is 10.0 Å². The van der Waals surface area contributed by atoms with Crippen LogP contribution in [0, 0.1) is 0 Å². The molecule has 0 saturated carbocycles. The van der Waals surface area contributed by atoms with Gasteiger partial charge in [-0.1, -0.05) is 40.7 Å². The molecule has 0 spiro atoms. The van der Waals surface area contributed by atoms with E-state index in [0.717, 1.165) is 17.1 Å². The SMILES string of the molecule is CCc1nnsc1C(=O)O[C@@H](C)C(=O)N[C@@H](C)c1ccc(Cl)cc1Cl. The lowest BCUT2D eigenvalue weighted by atomic mass is 10.1. The molecule has 1 heterocycles. The molecule has 6 nitrogen and oxygen atoms in total. The van der Waals surface area contributed by atoms with E-state index < -0.39 is 18.0 Å². The van der Waals surface area contributed by atoms with Gasteiger partial charge in [0.15, 0.2) is 11.0 Å². The average molecular weight is 402 g/mol. The Morgan fingerprint density at radius 2 is 2.04 bits per heavy atom. The van der Waals surface area contributed by atoms with Gasteiger partial charge in [0.1, 0.15) is 0 Å². The van der Waals surface area contributed by atoms with E-state index in [0.29, 0.717) is 27.0 Å². The number of hydrogen-bond donors (Lipinski definition) is 1. The fourth-order valence-corrected chi connectivity index (χ4v) is 3.33. The monoisotopic (exact) mass is 401 g/mol. The molecule has 134 valence electrons. The van der Waals surface area contributed by atoms with Gasteiger partial charge in [0.2, 0.25) is 0 Å². The second-order valence-corrected chi connectivity index (χ2v) is 6.94. The summed E-state index contributed by atoms with van der Waals surface area (Å²) in [7, 11) is 0. The van der Waals surface area contributed by atoms with Crippen molar-refractivity contribution in [1.29, 1.82) is 0 Å². The third kappa shape index (κ3) is 4.90. The molecule has 1 aromatic carbocycles. The Morgan fingerprint density at radius 3 is 2.68 bits per heavy atom. The van der Waals surface area contributed by atoms with Crippen LogP contribution in [0.4, 0.5) is 0 Å². The number of aryl methyl sites for hydroxylation is 1. The smallest absolute Gasteiger partial charge is 0.352 e. The van der Waals surface area contributed by atoms with Crippen LogP contribution in [0.2, 0.25) is 10.0 Å². The van der Waals surface area contributed by atoms with Gasteiger partial charge >= 0.3 is 5.97 Å². The highest BCUT2D eigenvalue weighted by molar-refractivity contribution is 7.07. The summed E-state index contributed by atoms with van der Waals surface area (Å²) < 4.78 is 8.95. The third-order valence-corrected chi connectivity index (χ3v) is 4.83. The summed E-state index contributed by atoms with van der Waals surface area (Å²) in [6.07, 6.45) is -0.402. The fraction of sp³-hybridized carbons (Fsp3) is 0.375. The molecule has 0 saturated heterocycles. The highest BCUT2D eigenvalue weighted by atomic mass is 35.5. The van der Waals surface area contributed by atoms with E-state index in [1.807, 2.05) is 6.92 Å². The van der Waals surface area contributed by atoms with Crippen LogP contribution in [0.15, 0.2) is 18.2 Å². The van der Waals surface area contributed by atoms with Crippen LogP contribution < -0.4 is 5.32 Å². The summed E-state index contributed by atoms with van der Waals surface area (Å²) in [6.45, 7) is 5.15. The number of nitrogens with zero attached hydrogens (tertiary/aromatic N) is 2. The molecule has 2 atom stereocenters. The van der Waals surface area contributed by atoms with E-state index in [2.05, 4.69) is 14.9 Å². The van der Waals surface area contributed by atoms with Gasteiger partial charge < -0.3 is 10.1 Å². The van der Waals surface area contributed by atoms with Crippen molar-refractivity contribution in [3.05, 3.63) is 44.4 Å². The number of rotatable bonds is 6. The zero-order chi connectivity index (χ0) is 18.6. The first kappa shape index (κ1) is 19.6. The van der Waals surface area contributed by atoms with E-state index >= 15 is 0 Å². The Morgan fingerprint density at radius 1 is 1.32 bits per heavy atom. The molecular formula is C16H17Cl2N3O3S. The van der Waals surface area contributed by atoms with Crippen molar-refractivity contribution in [3.8, 4) is 0 Å². The molecule has 1 N–H and O–H groups in total. The molecule has 0 aliphatic carbocycles. The van der Waals surface area contributed by atoms with E-state index in [-0.39, 0.29) is 6.04 Å². The minimum Gasteiger partial charge on any atom is -0.448 e. The van der Waals surface area contributed by atoms with Gasteiger partial charge in [0.25, 0.3) is 5.91 Å². The number of esters is 1. The van der Waals surface area contributed by atoms with Crippen molar-refractivity contribution < 1.29 is 14.3 Å². The largest absolute Gasteiger partial charge is 0.448 e. The molecule has 0 unspecified atom stereocenters. The standard InChI is InChI=1S/C16H17Cl2N3O3S/c1-4-13-14(25-21-20-13)16(23)24-9(3)15(22)19-8(2)11-6-5-10(17)7-12(11)18/h5-9H,4H2,1-3H3,(H,19,22)/t8-,9-/m0/s1. The molecule has 0 radical (unpaired) electrons. The first-order valence-electron chi connectivity index (χ1n) is 7.61. The number of nitrogens with one attached hydrogen (secondary N) is 1. The molecule has 2 rings (SSSR count). The summed E-state index contributed by atoms with van der Waals surface area (Å²) >= 11 is 13.0. The summed E-state index contributed by atoms with van der Waals surface area (Å²) in [5, 5.41) is 7.58. The van der Waals surface area contributed by atoms with E-state index in [9.17, 15) is 9.59 Å². The minimum absolute atomic E-state index is 0.316. The van der Waals surface area contributed by atoms with E-state index in [1.165, 1.54) is 6.92 Å². The zero-order valence-electron chi connectivity index (χ0n) is 13.9. The molecule has 0 aliphatic rings. The molecule has 25 heavy (non-hydrogen) atoms. The van der Waals surface area contributed by atoms with E-state index in [4.69, 9.17) is 27.9 Å². The third-order valence-electron chi connectivity index (χ3n) is 3.52. The molecule has 1 amide bonds. The number of amides is 1. The van der Waals surface area contributed by atoms with Crippen LogP contribution in [-0.2, 0) is 16.0 Å². The number of carbonyl (C=O) groups is 2. The highest BCUT2D eigenvalue weighted by Crippen LogP contribution is 2.26. The second-order valence-electron chi connectivity index (χ2n) is 5.35. The first-order chi connectivity index (χ1) is 11.8. The molecule has 0 fully saturated rings. The number of hydrogen-bond acceptors (Lipinski definition) is 6. The zero-order valence-corrected chi connectivity index (χ0v) is 16.2. The van der Waals surface area contributed by atoms with Gasteiger partial charge in [-0.2, -0.15) is 0 Å². The predicted octanol–water partition coefficient (Wildman–Crippen LogP) is 3.83. The normalized spacial score (nSPS) is 13.2. The number of ether oxygens (including phenoxy) is 1. The fourth-order valence-electron chi connectivity index (χ4n) is 2.12. The average Bonchev–Trinajstić information content (AvgIpc) is 3.03. The first-order valence-corrected chi connectivity index (χ1v) is 9.14. The Labute approximate surface area is 159 Å². The van der Waals surface area contributed by atoms with Crippen molar-refractivity contribution in [1.82, 2.24) is 14.9 Å². The van der Waals surface area contributed by atoms with Gasteiger partial charge in [-0.15, -0.1) is 5.10 Å². The van der Waals surface area contributed by atoms with Crippen molar-refractivity contribution in [2.45, 2.75) is 39.3 Å². The van der Waals surface area contributed by atoms with Crippen molar-refractivity contribution in [2.75, 3.05) is 0 Å².